The van der Waals surface area contributed by atoms with Crippen LogP contribution in [-0.4, -0.2) is 24.0 Å². The molecule has 0 heterocycles. The van der Waals surface area contributed by atoms with Crippen molar-refractivity contribution in [2.24, 2.45) is 5.10 Å². The van der Waals surface area contributed by atoms with Gasteiger partial charge in [-0.2, -0.15) is 5.10 Å². The van der Waals surface area contributed by atoms with Crippen LogP contribution in [0.5, 0.6) is 5.75 Å². The van der Waals surface area contributed by atoms with Gasteiger partial charge in [-0.05, 0) is 79.7 Å². The first-order valence-electron chi connectivity index (χ1n) is 11.5. The van der Waals surface area contributed by atoms with Crippen molar-refractivity contribution in [2.45, 2.75) is 6.92 Å². The van der Waals surface area contributed by atoms with E-state index in [1.54, 1.807) is 54.6 Å². The summed E-state index contributed by atoms with van der Waals surface area (Å²) in [4.78, 5) is 37.6. The zero-order valence-corrected chi connectivity index (χ0v) is 23.5. The smallest absolute Gasteiger partial charge is 0.343 e. The van der Waals surface area contributed by atoms with Gasteiger partial charge in [0.05, 0.1) is 22.4 Å². The van der Waals surface area contributed by atoms with Gasteiger partial charge in [0, 0.05) is 26.3 Å². The standard InChI is InChI=1S/C29H20BrCl2N3O4/c1-17-3-2-4-19(13-17)29(38)39-26-12-7-21(30)14-20(26)16-33-35-27(36)18-5-9-23(10-6-18)34-28(37)24-11-8-22(31)15-25(24)32/h2-16H,1H3,(H,34,37)(H,35,36)/b33-16-. The fourth-order valence-corrected chi connectivity index (χ4v) is 4.32. The van der Waals surface area contributed by atoms with Gasteiger partial charge in [0.1, 0.15) is 5.75 Å². The summed E-state index contributed by atoms with van der Waals surface area (Å²) in [6.07, 6.45) is 1.38. The molecule has 39 heavy (non-hydrogen) atoms. The molecule has 2 amide bonds. The Morgan fingerprint density at radius 2 is 1.64 bits per heavy atom. The number of hydrogen-bond donors (Lipinski definition) is 2. The molecule has 0 saturated carbocycles. The van der Waals surface area contributed by atoms with E-state index < -0.39 is 17.8 Å². The van der Waals surface area contributed by atoms with E-state index in [0.29, 0.717) is 27.4 Å². The van der Waals surface area contributed by atoms with Crippen LogP contribution in [0.2, 0.25) is 10.0 Å². The number of rotatable bonds is 7. The third kappa shape index (κ3) is 7.54. The van der Waals surface area contributed by atoms with Crippen LogP contribution in [0, 0.1) is 6.92 Å². The van der Waals surface area contributed by atoms with Gasteiger partial charge >= 0.3 is 5.97 Å². The molecule has 0 atom stereocenters. The molecular formula is C29H20BrCl2N3O4. The van der Waals surface area contributed by atoms with Gasteiger partial charge in [-0.25, -0.2) is 10.2 Å². The van der Waals surface area contributed by atoms with Crippen LogP contribution in [0.25, 0.3) is 0 Å². The topological polar surface area (TPSA) is 96.9 Å². The van der Waals surface area contributed by atoms with Gasteiger partial charge in [-0.1, -0.05) is 56.8 Å². The Balaban J connectivity index is 1.39. The maximum atomic E-state index is 12.6. The number of carbonyl (C=O) groups excluding carboxylic acids is 3. The predicted octanol–water partition coefficient (Wildman–Crippen LogP) is 7.30. The number of anilines is 1. The zero-order valence-electron chi connectivity index (χ0n) is 20.4. The highest BCUT2D eigenvalue weighted by Crippen LogP contribution is 2.24. The number of ether oxygens (including phenoxy) is 1. The lowest BCUT2D eigenvalue weighted by molar-refractivity contribution is 0.0733. The Morgan fingerprint density at radius 3 is 2.36 bits per heavy atom. The van der Waals surface area contributed by atoms with Crippen molar-refractivity contribution in [3.8, 4) is 5.75 Å². The Morgan fingerprint density at radius 1 is 0.872 bits per heavy atom. The van der Waals surface area contributed by atoms with Crippen LogP contribution in [-0.2, 0) is 0 Å². The van der Waals surface area contributed by atoms with Crippen LogP contribution >= 0.6 is 39.1 Å². The lowest BCUT2D eigenvalue weighted by atomic mass is 10.1. The lowest BCUT2D eigenvalue weighted by Crippen LogP contribution is -2.18. The van der Waals surface area contributed by atoms with E-state index >= 15 is 0 Å². The third-order valence-corrected chi connectivity index (χ3v) is 6.42. The number of benzene rings is 4. The number of nitrogens with zero attached hydrogens (tertiary/aromatic N) is 1. The normalized spacial score (nSPS) is 10.8. The molecule has 4 rings (SSSR count). The number of hydrogen-bond acceptors (Lipinski definition) is 5. The Hall–Kier alpha value is -3.98. The van der Waals surface area contributed by atoms with Gasteiger partial charge in [0.2, 0.25) is 0 Å². The number of nitrogens with one attached hydrogen (secondary N) is 2. The monoisotopic (exact) mass is 623 g/mol. The first kappa shape index (κ1) is 28.0. The first-order chi connectivity index (χ1) is 18.7. The number of halogens is 3. The van der Waals surface area contributed by atoms with Crippen LogP contribution < -0.4 is 15.5 Å². The van der Waals surface area contributed by atoms with Gasteiger partial charge in [0.25, 0.3) is 11.8 Å². The predicted molar refractivity (Wildman–Crippen MR) is 156 cm³/mol. The van der Waals surface area contributed by atoms with E-state index in [1.165, 1.54) is 30.5 Å². The second-order valence-corrected chi connectivity index (χ2v) is 10.1. The molecule has 4 aromatic rings. The molecule has 0 aromatic heterocycles. The molecule has 0 unspecified atom stereocenters. The molecule has 0 spiro atoms. The largest absolute Gasteiger partial charge is 0.422 e. The molecule has 0 aliphatic rings. The number of aryl methyl sites for hydroxylation is 1. The molecule has 7 nitrogen and oxygen atoms in total. The molecule has 0 saturated heterocycles. The minimum absolute atomic E-state index is 0.229. The molecule has 0 aliphatic heterocycles. The fourth-order valence-electron chi connectivity index (χ4n) is 3.45. The van der Waals surface area contributed by atoms with Crippen molar-refractivity contribution in [2.75, 3.05) is 5.32 Å². The van der Waals surface area contributed by atoms with Crippen molar-refractivity contribution in [1.29, 1.82) is 0 Å². The van der Waals surface area contributed by atoms with E-state index in [0.717, 1.165) is 10.0 Å². The molecule has 0 bridgehead atoms. The molecular weight excluding hydrogens is 605 g/mol. The van der Waals surface area contributed by atoms with Gasteiger partial charge in [-0.15, -0.1) is 0 Å². The summed E-state index contributed by atoms with van der Waals surface area (Å²) in [5.74, 6) is -1.11. The second kappa shape index (κ2) is 12.7. The molecule has 196 valence electrons. The van der Waals surface area contributed by atoms with E-state index in [-0.39, 0.29) is 16.3 Å². The van der Waals surface area contributed by atoms with Crippen LogP contribution in [0.15, 0.2) is 94.5 Å². The van der Waals surface area contributed by atoms with Crippen molar-refractivity contribution in [1.82, 2.24) is 5.43 Å². The second-order valence-electron chi connectivity index (χ2n) is 8.30. The first-order valence-corrected chi connectivity index (χ1v) is 13.0. The van der Waals surface area contributed by atoms with Gasteiger partial charge in [0.15, 0.2) is 0 Å². The summed E-state index contributed by atoms with van der Waals surface area (Å²) in [6.45, 7) is 1.89. The number of amides is 2. The van der Waals surface area contributed by atoms with Gasteiger partial charge < -0.3 is 10.1 Å². The highest BCUT2D eigenvalue weighted by atomic mass is 79.9. The molecule has 2 N–H and O–H groups in total. The summed E-state index contributed by atoms with van der Waals surface area (Å²) >= 11 is 15.4. The molecule has 0 radical (unpaired) electrons. The minimum atomic E-state index is -0.509. The van der Waals surface area contributed by atoms with E-state index in [9.17, 15) is 14.4 Å². The van der Waals surface area contributed by atoms with Gasteiger partial charge in [-0.3, -0.25) is 9.59 Å². The molecule has 4 aromatic carbocycles. The van der Waals surface area contributed by atoms with Crippen molar-refractivity contribution in [3.63, 3.8) is 0 Å². The van der Waals surface area contributed by atoms with E-state index in [2.05, 4.69) is 31.8 Å². The van der Waals surface area contributed by atoms with E-state index in [4.69, 9.17) is 27.9 Å². The molecule has 10 heteroatoms. The minimum Gasteiger partial charge on any atom is -0.422 e. The van der Waals surface area contributed by atoms with Crippen LogP contribution in [0.3, 0.4) is 0 Å². The number of hydrazone groups is 1. The Labute approximate surface area is 242 Å². The van der Waals surface area contributed by atoms with Crippen molar-refractivity contribution in [3.05, 3.63) is 127 Å². The zero-order chi connectivity index (χ0) is 27.9. The number of esters is 1. The Kier molecular flexibility index (Phi) is 9.14. The summed E-state index contributed by atoms with van der Waals surface area (Å²) in [7, 11) is 0. The highest BCUT2D eigenvalue weighted by molar-refractivity contribution is 9.10. The summed E-state index contributed by atoms with van der Waals surface area (Å²) in [6, 6.07) is 23.0. The summed E-state index contributed by atoms with van der Waals surface area (Å²) in [5.41, 5.74) is 5.34. The van der Waals surface area contributed by atoms with E-state index in [1.807, 2.05) is 13.0 Å². The van der Waals surface area contributed by atoms with Crippen molar-refractivity contribution < 1.29 is 19.1 Å². The van der Waals surface area contributed by atoms with Crippen LogP contribution in [0.1, 0.15) is 42.2 Å². The SMILES string of the molecule is Cc1cccc(C(=O)Oc2ccc(Br)cc2/C=N\NC(=O)c2ccc(NC(=O)c3ccc(Cl)cc3Cl)cc2)c1. The average Bonchev–Trinajstić information content (AvgIpc) is 2.90. The average molecular weight is 625 g/mol. The lowest BCUT2D eigenvalue weighted by Gasteiger charge is -2.09. The maximum absolute atomic E-state index is 12.6. The summed E-state index contributed by atoms with van der Waals surface area (Å²) in [5, 5.41) is 7.38. The maximum Gasteiger partial charge on any atom is 0.343 e. The summed E-state index contributed by atoms with van der Waals surface area (Å²) < 4.78 is 6.30. The number of carbonyl (C=O) groups is 3. The van der Waals surface area contributed by atoms with Crippen molar-refractivity contribution >= 4 is 68.8 Å². The quantitative estimate of drug-likeness (QED) is 0.0976. The third-order valence-electron chi connectivity index (χ3n) is 5.38. The highest BCUT2D eigenvalue weighted by Gasteiger charge is 2.13. The molecule has 0 fully saturated rings. The van der Waals surface area contributed by atoms with Crippen LogP contribution in [0.4, 0.5) is 5.69 Å². The Bertz CT molecular complexity index is 1590. The fraction of sp³-hybridized carbons (Fsp3) is 0.0345. The molecule has 0 aliphatic carbocycles.